The van der Waals surface area contributed by atoms with Crippen molar-refractivity contribution in [3.05, 3.63) is 29.3 Å². The highest BCUT2D eigenvalue weighted by Crippen LogP contribution is 2.31. The van der Waals surface area contributed by atoms with Crippen LogP contribution in [0.5, 0.6) is 5.75 Å². The summed E-state index contributed by atoms with van der Waals surface area (Å²) in [4.78, 5) is 0. The van der Waals surface area contributed by atoms with Crippen LogP contribution in [0.15, 0.2) is 18.2 Å². The molecule has 3 unspecified atom stereocenters. The molecule has 0 radical (unpaired) electrons. The highest BCUT2D eigenvalue weighted by atomic mass is 16.5. The summed E-state index contributed by atoms with van der Waals surface area (Å²) in [6.07, 6.45) is 0.745. The van der Waals surface area contributed by atoms with Gasteiger partial charge in [-0.1, -0.05) is 38.0 Å². The average molecular weight is 280 g/mol. The van der Waals surface area contributed by atoms with E-state index in [1.165, 1.54) is 5.56 Å². The third-order valence-electron chi connectivity index (χ3n) is 3.62. The number of aliphatic hydroxyl groups is 2. The first kappa shape index (κ1) is 17.0. The van der Waals surface area contributed by atoms with Crippen molar-refractivity contribution in [1.29, 1.82) is 0 Å². The Morgan fingerprint density at radius 3 is 2.45 bits per heavy atom. The van der Waals surface area contributed by atoms with Crippen molar-refractivity contribution in [2.24, 2.45) is 0 Å². The maximum Gasteiger partial charge on any atom is 0.122 e. The van der Waals surface area contributed by atoms with E-state index in [0.717, 1.165) is 17.7 Å². The van der Waals surface area contributed by atoms with E-state index in [0.29, 0.717) is 19.4 Å². The molecule has 3 heteroatoms. The summed E-state index contributed by atoms with van der Waals surface area (Å²) in [7, 11) is 0. The fraction of sp³-hybridized carbons (Fsp3) is 0.647. The molecule has 1 aromatic rings. The maximum atomic E-state index is 10.1. The van der Waals surface area contributed by atoms with Gasteiger partial charge in [0.15, 0.2) is 0 Å². The van der Waals surface area contributed by atoms with Crippen molar-refractivity contribution in [3.63, 3.8) is 0 Å². The van der Waals surface area contributed by atoms with Crippen LogP contribution in [0.4, 0.5) is 0 Å². The summed E-state index contributed by atoms with van der Waals surface area (Å²) in [6, 6.07) is 6.12. The third kappa shape index (κ3) is 4.80. The molecule has 1 rings (SSSR count). The van der Waals surface area contributed by atoms with Crippen molar-refractivity contribution >= 4 is 0 Å². The molecule has 114 valence electrons. The minimum atomic E-state index is -0.681. The van der Waals surface area contributed by atoms with E-state index in [9.17, 15) is 10.2 Å². The highest BCUT2D eigenvalue weighted by molar-refractivity contribution is 5.39. The summed E-state index contributed by atoms with van der Waals surface area (Å²) in [5.74, 6) is 1.03. The van der Waals surface area contributed by atoms with Crippen LogP contribution in [0.2, 0.25) is 0 Å². The fourth-order valence-corrected chi connectivity index (χ4v) is 2.47. The Bertz CT molecular complexity index is 403. The zero-order chi connectivity index (χ0) is 15.1. The molecular formula is C17H28O3. The second-order valence-corrected chi connectivity index (χ2v) is 5.53. The van der Waals surface area contributed by atoms with Crippen molar-refractivity contribution in [3.8, 4) is 5.75 Å². The van der Waals surface area contributed by atoms with Crippen LogP contribution >= 0.6 is 0 Å². The van der Waals surface area contributed by atoms with E-state index < -0.39 is 12.2 Å². The van der Waals surface area contributed by atoms with Crippen LogP contribution in [-0.4, -0.2) is 29.0 Å². The lowest BCUT2D eigenvalue weighted by Crippen LogP contribution is -2.27. The molecule has 0 spiro atoms. The Morgan fingerprint density at radius 1 is 1.15 bits per heavy atom. The Morgan fingerprint density at radius 2 is 1.85 bits per heavy atom. The van der Waals surface area contributed by atoms with Gasteiger partial charge in [-0.05, 0) is 44.2 Å². The summed E-state index contributed by atoms with van der Waals surface area (Å²) in [5.41, 5.74) is 2.29. The second-order valence-electron chi connectivity index (χ2n) is 5.53. The fourth-order valence-electron chi connectivity index (χ4n) is 2.47. The van der Waals surface area contributed by atoms with E-state index in [1.807, 2.05) is 32.9 Å². The van der Waals surface area contributed by atoms with Crippen LogP contribution in [0.3, 0.4) is 0 Å². The molecule has 0 saturated carbocycles. The summed E-state index contributed by atoms with van der Waals surface area (Å²) < 4.78 is 5.66. The minimum Gasteiger partial charge on any atom is -0.494 e. The van der Waals surface area contributed by atoms with Crippen LogP contribution < -0.4 is 4.74 Å². The lowest BCUT2D eigenvalue weighted by atomic mass is 9.90. The number of aryl methyl sites for hydroxylation is 1. The molecule has 1 aromatic carbocycles. The van der Waals surface area contributed by atoms with Crippen LogP contribution in [0, 0.1) is 6.92 Å². The molecule has 0 aromatic heterocycles. The molecule has 2 N–H and O–H groups in total. The standard InChI is InChI=1S/C17H28O3/c1-5-7-15(18)16(19)11-13(4)14-10-12(3)8-9-17(14)20-6-2/h8-10,13,15-16,18-19H,5-7,11H2,1-4H3. The normalized spacial score (nSPS) is 15.7. The van der Waals surface area contributed by atoms with E-state index in [4.69, 9.17) is 4.74 Å². The molecule has 3 nitrogen and oxygen atoms in total. The molecule has 20 heavy (non-hydrogen) atoms. The van der Waals surface area contributed by atoms with Gasteiger partial charge in [0.1, 0.15) is 5.75 Å². The summed E-state index contributed by atoms with van der Waals surface area (Å²) >= 11 is 0. The zero-order valence-corrected chi connectivity index (χ0v) is 13.1. The van der Waals surface area contributed by atoms with E-state index in [1.54, 1.807) is 0 Å². The quantitative estimate of drug-likeness (QED) is 0.767. The van der Waals surface area contributed by atoms with Gasteiger partial charge in [-0.3, -0.25) is 0 Å². The maximum absolute atomic E-state index is 10.1. The number of benzene rings is 1. The van der Waals surface area contributed by atoms with Gasteiger partial charge in [0.2, 0.25) is 0 Å². The average Bonchev–Trinajstić information content (AvgIpc) is 2.41. The molecule has 0 saturated heterocycles. The smallest absolute Gasteiger partial charge is 0.122 e. The van der Waals surface area contributed by atoms with Gasteiger partial charge in [-0.15, -0.1) is 0 Å². The number of hydrogen-bond donors (Lipinski definition) is 2. The van der Waals surface area contributed by atoms with Gasteiger partial charge in [-0.25, -0.2) is 0 Å². The van der Waals surface area contributed by atoms with E-state index >= 15 is 0 Å². The van der Waals surface area contributed by atoms with Crippen molar-refractivity contribution in [2.45, 2.75) is 65.1 Å². The number of rotatable bonds is 8. The lowest BCUT2D eigenvalue weighted by molar-refractivity contribution is 0.00626. The van der Waals surface area contributed by atoms with Crippen LogP contribution in [-0.2, 0) is 0 Å². The minimum absolute atomic E-state index is 0.151. The first-order chi connectivity index (χ1) is 9.49. The Balaban J connectivity index is 2.80. The first-order valence-corrected chi connectivity index (χ1v) is 7.59. The molecule has 0 bridgehead atoms. The van der Waals surface area contributed by atoms with Crippen molar-refractivity contribution in [2.75, 3.05) is 6.61 Å². The van der Waals surface area contributed by atoms with Gasteiger partial charge in [0, 0.05) is 0 Å². The molecule has 0 aliphatic heterocycles. The van der Waals surface area contributed by atoms with Gasteiger partial charge in [0.05, 0.1) is 18.8 Å². The number of aliphatic hydroxyl groups excluding tert-OH is 2. The zero-order valence-electron chi connectivity index (χ0n) is 13.1. The molecule has 0 aliphatic carbocycles. The molecular weight excluding hydrogens is 252 g/mol. The molecule has 3 atom stereocenters. The molecule has 0 amide bonds. The van der Waals surface area contributed by atoms with Gasteiger partial charge < -0.3 is 14.9 Å². The topological polar surface area (TPSA) is 49.7 Å². The van der Waals surface area contributed by atoms with E-state index in [-0.39, 0.29) is 5.92 Å². The first-order valence-electron chi connectivity index (χ1n) is 7.59. The van der Waals surface area contributed by atoms with Gasteiger partial charge in [-0.2, -0.15) is 0 Å². The lowest BCUT2D eigenvalue weighted by Gasteiger charge is -2.23. The van der Waals surface area contributed by atoms with Crippen molar-refractivity contribution < 1.29 is 14.9 Å². The SMILES string of the molecule is CCCC(O)C(O)CC(C)c1cc(C)ccc1OCC. The van der Waals surface area contributed by atoms with Crippen molar-refractivity contribution in [1.82, 2.24) is 0 Å². The number of hydrogen-bond acceptors (Lipinski definition) is 3. The monoisotopic (exact) mass is 280 g/mol. The molecule has 0 aliphatic rings. The van der Waals surface area contributed by atoms with Crippen LogP contribution in [0.1, 0.15) is 57.1 Å². The Labute approximate surface area is 122 Å². The Kier molecular flexibility index (Phi) is 7.03. The summed E-state index contributed by atoms with van der Waals surface area (Å²) in [6.45, 7) is 8.72. The van der Waals surface area contributed by atoms with Gasteiger partial charge in [0.25, 0.3) is 0 Å². The van der Waals surface area contributed by atoms with E-state index in [2.05, 4.69) is 13.0 Å². The molecule has 0 heterocycles. The predicted octanol–water partition coefficient (Wildman–Crippen LogP) is 3.41. The Hall–Kier alpha value is -1.06. The highest BCUT2D eigenvalue weighted by Gasteiger charge is 2.21. The van der Waals surface area contributed by atoms with Gasteiger partial charge >= 0.3 is 0 Å². The summed E-state index contributed by atoms with van der Waals surface area (Å²) in [5, 5.41) is 19.9. The third-order valence-corrected chi connectivity index (χ3v) is 3.62. The predicted molar refractivity (Wildman–Crippen MR) is 82.3 cm³/mol. The largest absolute Gasteiger partial charge is 0.494 e. The molecule has 0 fully saturated rings. The number of ether oxygens (including phenoxy) is 1. The van der Waals surface area contributed by atoms with Crippen LogP contribution in [0.25, 0.3) is 0 Å². The second kappa shape index (κ2) is 8.28.